The molecular weight excluding hydrogens is 332 g/mol. The molecule has 25 heavy (non-hydrogen) atoms. The van der Waals surface area contributed by atoms with Gasteiger partial charge < -0.3 is 14.3 Å². The molecule has 0 aliphatic rings. The Labute approximate surface area is 155 Å². The Morgan fingerprint density at radius 3 is 2.24 bits per heavy atom. The molecule has 0 aliphatic carbocycles. The maximum absolute atomic E-state index is 11.3. The normalized spacial score (nSPS) is 17.4. The minimum absolute atomic E-state index is 0.0136. The number of esters is 1. The molecule has 0 aromatic heterocycles. The van der Waals surface area contributed by atoms with E-state index in [1.165, 1.54) is 6.08 Å². The molecule has 0 saturated heterocycles. The van der Waals surface area contributed by atoms with Crippen LogP contribution >= 0.6 is 0 Å². The minimum Gasteiger partial charge on any atom is -0.463 e. The van der Waals surface area contributed by atoms with Gasteiger partial charge in [-0.2, -0.15) is 0 Å². The van der Waals surface area contributed by atoms with Crippen LogP contribution < -0.4 is 0 Å². The van der Waals surface area contributed by atoms with Gasteiger partial charge in [0.2, 0.25) is 0 Å². The lowest BCUT2D eigenvalue weighted by molar-refractivity contribution is -0.137. The molecule has 0 radical (unpaired) electrons. The van der Waals surface area contributed by atoms with Gasteiger partial charge in [0.1, 0.15) is 0 Å². The molecule has 0 amide bonds. The first-order valence-corrected chi connectivity index (χ1v) is 12.0. The Bertz CT molecular complexity index is 484. The number of rotatable bonds is 9. The van der Waals surface area contributed by atoms with E-state index >= 15 is 0 Å². The van der Waals surface area contributed by atoms with Crippen molar-refractivity contribution in [3.63, 3.8) is 0 Å². The molecule has 0 spiro atoms. The summed E-state index contributed by atoms with van der Waals surface area (Å²) >= 11 is 0. The number of carbonyl (C=O) groups is 1. The molecular formula is C20H38O4Si. The smallest absolute Gasteiger partial charge is 0.330 e. The Balaban J connectivity index is 4.70. The van der Waals surface area contributed by atoms with Crippen molar-refractivity contribution in [1.82, 2.24) is 0 Å². The van der Waals surface area contributed by atoms with Crippen molar-refractivity contribution in [3.05, 3.63) is 23.8 Å². The van der Waals surface area contributed by atoms with Gasteiger partial charge in [-0.05, 0) is 45.3 Å². The van der Waals surface area contributed by atoms with Crippen LogP contribution in [-0.4, -0.2) is 38.2 Å². The second-order valence-electron chi connectivity index (χ2n) is 8.57. The lowest BCUT2D eigenvalue weighted by Gasteiger charge is -2.39. The van der Waals surface area contributed by atoms with Crippen LogP contribution in [0.2, 0.25) is 18.1 Å². The summed E-state index contributed by atoms with van der Waals surface area (Å²) in [7, 11) is -1.81. The van der Waals surface area contributed by atoms with Gasteiger partial charge in [-0.1, -0.05) is 45.4 Å². The van der Waals surface area contributed by atoms with E-state index in [1.54, 1.807) is 13.0 Å². The standard InChI is InChI=1S/C20H38O4Si/c1-10-23-18(21)12-11-16(2)13-14-20(7,22)17(3)15-24-25(8,9)19(4,5)6/h11-13,17,22H,10,14-15H2,1-9H3/b12-11+,16-13+/t17-,20-/m0/s1. The highest BCUT2D eigenvalue weighted by atomic mass is 28.4. The average Bonchev–Trinajstić information content (AvgIpc) is 2.47. The maximum Gasteiger partial charge on any atom is 0.330 e. The van der Waals surface area contributed by atoms with Crippen molar-refractivity contribution >= 4 is 14.3 Å². The fourth-order valence-corrected chi connectivity index (χ4v) is 2.86. The van der Waals surface area contributed by atoms with E-state index in [0.29, 0.717) is 19.6 Å². The SMILES string of the molecule is CCOC(=O)/C=C/C(C)=C/C[C@](C)(O)[C@@H](C)CO[Si](C)(C)C(C)(C)C. The van der Waals surface area contributed by atoms with E-state index in [4.69, 9.17) is 9.16 Å². The molecule has 0 heterocycles. The van der Waals surface area contributed by atoms with E-state index in [0.717, 1.165) is 5.57 Å². The molecule has 0 aromatic rings. The summed E-state index contributed by atoms with van der Waals surface area (Å²) in [6, 6.07) is 0. The number of carbonyl (C=O) groups excluding carboxylic acids is 1. The second-order valence-corrected chi connectivity index (χ2v) is 13.4. The van der Waals surface area contributed by atoms with Crippen LogP contribution in [0.3, 0.4) is 0 Å². The third kappa shape index (κ3) is 8.84. The largest absolute Gasteiger partial charge is 0.463 e. The quantitative estimate of drug-likeness (QED) is 0.273. The van der Waals surface area contributed by atoms with Gasteiger partial charge in [0.15, 0.2) is 8.32 Å². The van der Waals surface area contributed by atoms with Crippen LogP contribution in [0, 0.1) is 5.92 Å². The summed E-state index contributed by atoms with van der Waals surface area (Å²) in [5, 5.41) is 10.9. The summed E-state index contributed by atoms with van der Waals surface area (Å²) < 4.78 is 11.1. The third-order valence-corrected chi connectivity index (χ3v) is 9.67. The van der Waals surface area contributed by atoms with Gasteiger partial charge in [-0.15, -0.1) is 0 Å². The third-order valence-electron chi connectivity index (χ3n) is 5.17. The van der Waals surface area contributed by atoms with Crippen molar-refractivity contribution in [2.45, 2.75) is 78.6 Å². The first-order valence-electron chi connectivity index (χ1n) is 9.11. The van der Waals surface area contributed by atoms with E-state index < -0.39 is 13.9 Å². The number of ether oxygens (including phenoxy) is 1. The molecule has 0 aliphatic heterocycles. The van der Waals surface area contributed by atoms with Crippen LogP contribution in [-0.2, 0) is 14.0 Å². The summed E-state index contributed by atoms with van der Waals surface area (Å²) in [5.41, 5.74) is 0.0623. The van der Waals surface area contributed by atoms with Crippen molar-refractivity contribution in [2.24, 2.45) is 5.92 Å². The summed E-state index contributed by atoms with van der Waals surface area (Å²) in [6.45, 7) is 19.5. The summed E-state index contributed by atoms with van der Waals surface area (Å²) in [6.07, 6.45) is 5.57. The molecule has 0 unspecified atom stereocenters. The van der Waals surface area contributed by atoms with Crippen LogP contribution in [0.15, 0.2) is 23.8 Å². The lowest BCUT2D eigenvalue weighted by Crippen LogP contribution is -2.44. The van der Waals surface area contributed by atoms with E-state index in [2.05, 4.69) is 33.9 Å². The molecule has 4 nitrogen and oxygen atoms in total. The van der Waals surface area contributed by atoms with Crippen molar-refractivity contribution in [1.29, 1.82) is 0 Å². The highest BCUT2D eigenvalue weighted by Crippen LogP contribution is 2.37. The number of allylic oxidation sites excluding steroid dienone is 2. The van der Waals surface area contributed by atoms with Crippen molar-refractivity contribution < 1.29 is 19.1 Å². The van der Waals surface area contributed by atoms with Crippen molar-refractivity contribution in [3.8, 4) is 0 Å². The Hall–Kier alpha value is -0.913. The molecule has 5 heteroatoms. The molecule has 0 aromatic carbocycles. The Kier molecular flexibility index (Phi) is 9.34. The first kappa shape index (κ1) is 24.1. The highest BCUT2D eigenvalue weighted by molar-refractivity contribution is 6.74. The summed E-state index contributed by atoms with van der Waals surface area (Å²) in [4.78, 5) is 11.3. The van der Waals surface area contributed by atoms with Gasteiger partial charge in [0, 0.05) is 18.6 Å². The summed E-state index contributed by atoms with van der Waals surface area (Å²) in [5.74, 6) is -0.335. The molecule has 0 rings (SSSR count). The zero-order chi connectivity index (χ0) is 19.9. The fourth-order valence-electron chi connectivity index (χ4n) is 1.76. The topological polar surface area (TPSA) is 55.8 Å². The monoisotopic (exact) mass is 370 g/mol. The highest BCUT2D eigenvalue weighted by Gasteiger charge is 2.38. The van der Waals surface area contributed by atoms with Gasteiger partial charge in [-0.3, -0.25) is 0 Å². The van der Waals surface area contributed by atoms with Crippen LogP contribution in [0.25, 0.3) is 0 Å². The molecule has 1 N–H and O–H groups in total. The van der Waals surface area contributed by atoms with Gasteiger partial charge in [-0.25, -0.2) is 4.79 Å². The Morgan fingerprint density at radius 2 is 1.76 bits per heavy atom. The zero-order valence-corrected chi connectivity index (χ0v) is 18.6. The molecule has 146 valence electrons. The van der Waals surface area contributed by atoms with Gasteiger partial charge >= 0.3 is 5.97 Å². The lowest BCUT2D eigenvalue weighted by atomic mass is 9.87. The van der Waals surface area contributed by atoms with Crippen LogP contribution in [0.1, 0.15) is 54.9 Å². The predicted molar refractivity (Wildman–Crippen MR) is 107 cm³/mol. The van der Waals surface area contributed by atoms with Crippen LogP contribution in [0.4, 0.5) is 0 Å². The number of hydrogen-bond acceptors (Lipinski definition) is 4. The van der Waals surface area contributed by atoms with E-state index in [9.17, 15) is 9.90 Å². The molecule has 2 atom stereocenters. The average molecular weight is 371 g/mol. The molecule has 0 saturated carbocycles. The maximum atomic E-state index is 11.3. The molecule has 0 bridgehead atoms. The molecule has 0 fully saturated rings. The minimum atomic E-state index is -1.81. The first-order chi connectivity index (χ1) is 11.2. The van der Waals surface area contributed by atoms with E-state index in [-0.39, 0.29) is 16.9 Å². The fraction of sp³-hybridized carbons (Fsp3) is 0.750. The second kappa shape index (κ2) is 9.69. The van der Waals surface area contributed by atoms with Gasteiger partial charge in [0.05, 0.1) is 12.2 Å². The van der Waals surface area contributed by atoms with Gasteiger partial charge in [0.25, 0.3) is 0 Å². The predicted octanol–water partition coefficient (Wildman–Crippen LogP) is 4.85. The van der Waals surface area contributed by atoms with E-state index in [1.807, 2.05) is 26.8 Å². The van der Waals surface area contributed by atoms with Crippen molar-refractivity contribution in [2.75, 3.05) is 13.2 Å². The number of hydrogen-bond donors (Lipinski definition) is 1. The number of aliphatic hydroxyl groups is 1. The zero-order valence-electron chi connectivity index (χ0n) is 17.6. The van der Waals surface area contributed by atoms with Crippen LogP contribution in [0.5, 0.6) is 0 Å². The Morgan fingerprint density at radius 1 is 1.20 bits per heavy atom.